The van der Waals surface area contributed by atoms with Crippen LogP contribution in [-0.2, 0) is 0 Å². The van der Waals surface area contributed by atoms with E-state index in [2.05, 4.69) is 12.2 Å². The van der Waals surface area contributed by atoms with Crippen LogP contribution in [0.2, 0.25) is 5.22 Å². The minimum atomic E-state index is -0.0428. The number of amides is 1. The largest absolute Gasteiger partial charge is 0.440 e. The molecular formula is C12H15ClN2O2. The van der Waals surface area contributed by atoms with E-state index >= 15 is 0 Å². The van der Waals surface area contributed by atoms with Crippen molar-refractivity contribution in [1.82, 2.24) is 10.2 Å². The highest BCUT2D eigenvalue weighted by Crippen LogP contribution is 2.33. The number of nitrogens with zero attached hydrogens (tertiary/aromatic N) is 1. The van der Waals surface area contributed by atoms with E-state index in [0.717, 1.165) is 19.6 Å². The van der Waals surface area contributed by atoms with Gasteiger partial charge in [-0.05, 0) is 42.5 Å². The maximum absolute atomic E-state index is 12.3. The van der Waals surface area contributed by atoms with Crippen molar-refractivity contribution in [2.75, 3.05) is 19.6 Å². The van der Waals surface area contributed by atoms with Crippen LogP contribution in [0.5, 0.6) is 0 Å². The lowest BCUT2D eigenvalue weighted by Crippen LogP contribution is -2.37. The van der Waals surface area contributed by atoms with E-state index in [1.165, 1.54) is 0 Å². The minimum absolute atomic E-state index is 0.0428. The zero-order chi connectivity index (χ0) is 12.0. The molecule has 1 aromatic heterocycles. The topological polar surface area (TPSA) is 45.5 Å². The van der Waals surface area contributed by atoms with Crippen molar-refractivity contribution in [3.8, 4) is 0 Å². The van der Waals surface area contributed by atoms with Gasteiger partial charge in [-0.1, -0.05) is 0 Å². The van der Waals surface area contributed by atoms with Gasteiger partial charge in [-0.3, -0.25) is 4.79 Å². The summed E-state index contributed by atoms with van der Waals surface area (Å²) in [6.45, 7) is 4.95. The summed E-state index contributed by atoms with van der Waals surface area (Å²) in [5.74, 6) is 1.46. The second-order valence-electron chi connectivity index (χ2n) is 4.88. The number of rotatable bonds is 1. The second kappa shape index (κ2) is 4.03. The summed E-state index contributed by atoms with van der Waals surface area (Å²) in [6, 6.07) is 3.52. The summed E-state index contributed by atoms with van der Waals surface area (Å²) in [7, 11) is 0. The highest BCUT2D eigenvalue weighted by Gasteiger charge is 2.44. The molecule has 4 nitrogen and oxygen atoms in total. The predicted octanol–water partition coefficient (Wildman–Crippen LogP) is 1.61. The lowest BCUT2D eigenvalue weighted by molar-refractivity contribution is 0.0696. The Bertz CT molecular complexity index is 445. The van der Waals surface area contributed by atoms with Gasteiger partial charge in [0.2, 0.25) is 0 Å². The maximum Gasteiger partial charge on any atom is 0.289 e. The summed E-state index contributed by atoms with van der Waals surface area (Å²) in [5.41, 5.74) is 0. The Balaban J connectivity index is 1.79. The number of furan rings is 1. The highest BCUT2D eigenvalue weighted by atomic mass is 35.5. The third-order valence-electron chi connectivity index (χ3n) is 3.98. The first kappa shape index (κ1) is 11.1. The van der Waals surface area contributed by atoms with Gasteiger partial charge in [-0.25, -0.2) is 0 Å². The molecule has 3 rings (SSSR count). The average molecular weight is 255 g/mol. The number of nitrogens with one attached hydrogen (secondary N) is 1. The monoisotopic (exact) mass is 254 g/mol. The van der Waals surface area contributed by atoms with E-state index in [4.69, 9.17) is 16.0 Å². The molecule has 2 saturated heterocycles. The van der Waals surface area contributed by atoms with E-state index in [1.807, 2.05) is 4.90 Å². The smallest absolute Gasteiger partial charge is 0.289 e. The molecule has 0 bridgehead atoms. The Morgan fingerprint density at radius 2 is 2.35 bits per heavy atom. The molecule has 1 aromatic rings. The van der Waals surface area contributed by atoms with Crippen molar-refractivity contribution in [1.29, 1.82) is 0 Å². The van der Waals surface area contributed by atoms with Crippen molar-refractivity contribution in [2.45, 2.75) is 13.0 Å². The molecule has 1 amide bonds. The van der Waals surface area contributed by atoms with Crippen molar-refractivity contribution in [3.63, 3.8) is 0 Å². The van der Waals surface area contributed by atoms with Crippen LogP contribution >= 0.6 is 11.6 Å². The number of halogens is 1. The zero-order valence-electron chi connectivity index (χ0n) is 9.65. The van der Waals surface area contributed by atoms with Gasteiger partial charge in [0.05, 0.1) is 0 Å². The molecule has 2 aliphatic heterocycles. The molecule has 5 heteroatoms. The van der Waals surface area contributed by atoms with Gasteiger partial charge < -0.3 is 14.6 Å². The van der Waals surface area contributed by atoms with Crippen LogP contribution in [0, 0.1) is 11.8 Å². The fraction of sp³-hybridized carbons (Fsp3) is 0.583. The van der Waals surface area contributed by atoms with Gasteiger partial charge in [-0.2, -0.15) is 0 Å². The molecule has 3 heterocycles. The molecular weight excluding hydrogens is 240 g/mol. The first-order valence-electron chi connectivity index (χ1n) is 5.94. The van der Waals surface area contributed by atoms with Crippen LogP contribution in [0.4, 0.5) is 0 Å². The molecule has 3 atom stereocenters. The van der Waals surface area contributed by atoms with E-state index in [-0.39, 0.29) is 17.2 Å². The zero-order valence-corrected chi connectivity index (χ0v) is 10.4. The molecule has 0 aromatic carbocycles. The molecule has 17 heavy (non-hydrogen) atoms. The minimum Gasteiger partial charge on any atom is -0.440 e. The number of hydrogen-bond donors (Lipinski definition) is 1. The van der Waals surface area contributed by atoms with E-state index in [1.54, 1.807) is 12.1 Å². The first-order valence-corrected chi connectivity index (χ1v) is 6.31. The normalized spacial score (nSPS) is 31.9. The molecule has 0 aliphatic carbocycles. The molecule has 2 aliphatic rings. The van der Waals surface area contributed by atoms with Gasteiger partial charge in [-0.15, -0.1) is 0 Å². The summed E-state index contributed by atoms with van der Waals surface area (Å²) < 4.78 is 5.19. The summed E-state index contributed by atoms with van der Waals surface area (Å²) in [4.78, 5) is 14.2. The van der Waals surface area contributed by atoms with Crippen molar-refractivity contribution < 1.29 is 9.21 Å². The summed E-state index contributed by atoms with van der Waals surface area (Å²) in [6.07, 6.45) is 0. The summed E-state index contributed by atoms with van der Waals surface area (Å²) >= 11 is 5.70. The van der Waals surface area contributed by atoms with E-state index in [9.17, 15) is 4.79 Å². The Hall–Kier alpha value is -1.00. The Labute approximate surface area is 105 Å². The van der Waals surface area contributed by atoms with Crippen LogP contribution in [0.25, 0.3) is 0 Å². The van der Waals surface area contributed by atoms with Crippen LogP contribution in [-0.4, -0.2) is 36.5 Å². The molecule has 2 fully saturated rings. The lowest BCUT2D eigenvalue weighted by atomic mass is 9.95. The summed E-state index contributed by atoms with van der Waals surface area (Å²) in [5, 5.41) is 3.64. The molecule has 92 valence electrons. The van der Waals surface area contributed by atoms with Crippen molar-refractivity contribution in [2.24, 2.45) is 11.8 Å². The number of hydrogen-bond acceptors (Lipinski definition) is 3. The van der Waals surface area contributed by atoms with Gasteiger partial charge in [0.25, 0.3) is 5.91 Å². The van der Waals surface area contributed by atoms with Gasteiger partial charge in [0, 0.05) is 25.7 Å². The Morgan fingerprint density at radius 3 is 3.00 bits per heavy atom. The molecule has 0 saturated carbocycles. The van der Waals surface area contributed by atoms with Gasteiger partial charge in [0.1, 0.15) is 0 Å². The maximum atomic E-state index is 12.3. The number of carbonyl (C=O) groups excluding carboxylic acids is 1. The standard InChI is InChI=1S/C12H15ClN2O2/c1-7-9-5-14-4-8(9)6-15(7)12(16)10-2-3-11(13)17-10/h2-3,7-9,14H,4-6H2,1H3. The first-order chi connectivity index (χ1) is 8.16. The number of carbonyl (C=O) groups is 1. The average Bonchev–Trinajstić information content (AvgIpc) is 2.96. The predicted molar refractivity (Wildman–Crippen MR) is 64.1 cm³/mol. The molecule has 0 spiro atoms. The van der Waals surface area contributed by atoms with Gasteiger partial charge in [0.15, 0.2) is 11.0 Å². The lowest BCUT2D eigenvalue weighted by Gasteiger charge is -2.23. The molecule has 0 radical (unpaired) electrons. The number of fused-ring (bicyclic) bond motifs is 1. The second-order valence-corrected chi connectivity index (χ2v) is 5.26. The Kier molecular flexibility index (Phi) is 2.64. The van der Waals surface area contributed by atoms with Crippen LogP contribution in [0.15, 0.2) is 16.5 Å². The quantitative estimate of drug-likeness (QED) is 0.828. The van der Waals surface area contributed by atoms with Gasteiger partial charge >= 0.3 is 0 Å². The van der Waals surface area contributed by atoms with Crippen LogP contribution in [0.1, 0.15) is 17.5 Å². The van der Waals surface area contributed by atoms with Crippen LogP contribution < -0.4 is 5.32 Å². The SMILES string of the molecule is CC1C2CNCC2CN1C(=O)c1ccc(Cl)o1. The molecule has 1 N–H and O–H groups in total. The van der Waals surface area contributed by atoms with Crippen molar-refractivity contribution >= 4 is 17.5 Å². The Morgan fingerprint density at radius 1 is 1.53 bits per heavy atom. The van der Waals surface area contributed by atoms with E-state index < -0.39 is 0 Å². The van der Waals surface area contributed by atoms with E-state index in [0.29, 0.717) is 17.6 Å². The fourth-order valence-electron chi connectivity index (χ4n) is 3.01. The number of likely N-dealkylation sites (tertiary alicyclic amines) is 1. The van der Waals surface area contributed by atoms with Crippen molar-refractivity contribution in [3.05, 3.63) is 23.1 Å². The third-order valence-corrected chi connectivity index (χ3v) is 4.18. The fourth-order valence-corrected chi connectivity index (χ4v) is 3.15. The van der Waals surface area contributed by atoms with Crippen LogP contribution in [0.3, 0.4) is 0 Å². The third kappa shape index (κ3) is 1.76. The molecule has 3 unspecified atom stereocenters. The highest BCUT2D eigenvalue weighted by molar-refractivity contribution is 6.29.